The Balaban J connectivity index is 2.28. The number of hydrogen-bond donors (Lipinski definition) is 2. The van der Waals surface area contributed by atoms with Crippen molar-refractivity contribution >= 4 is 11.6 Å². The summed E-state index contributed by atoms with van der Waals surface area (Å²) in [4.78, 5) is 11.1. The van der Waals surface area contributed by atoms with E-state index in [0.717, 1.165) is 0 Å². The van der Waals surface area contributed by atoms with Crippen molar-refractivity contribution in [2.45, 2.75) is 0 Å². The number of anilines is 1. The number of amides is 1. The van der Waals surface area contributed by atoms with Gasteiger partial charge in [-0.3, -0.25) is 4.79 Å². The third-order valence-corrected chi connectivity index (χ3v) is 2.61. The monoisotopic (exact) mass is 262 g/mol. The highest BCUT2D eigenvalue weighted by Gasteiger charge is 2.07. The lowest BCUT2D eigenvalue weighted by Gasteiger charge is -2.07. The maximum atomic E-state index is 13.8. The molecule has 2 rings (SSSR count). The Morgan fingerprint density at radius 2 is 1.68 bits per heavy atom. The van der Waals surface area contributed by atoms with Gasteiger partial charge in [-0.2, -0.15) is 0 Å². The van der Waals surface area contributed by atoms with Gasteiger partial charge in [0, 0.05) is 0 Å². The van der Waals surface area contributed by atoms with Crippen LogP contribution in [0, 0.1) is 11.6 Å². The van der Waals surface area contributed by atoms with Crippen LogP contribution in [0.25, 0.3) is 11.1 Å². The highest BCUT2D eigenvalue weighted by molar-refractivity contribution is 5.92. The van der Waals surface area contributed by atoms with E-state index in [1.807, 2.05) is 0 Å². The van der Waals surface area contributed by atoms with E-state index in [0.29, 0.717) is 11.1 Å². The molecule has 0 aliphatic heterocycles. The molecular weight excluding hydrogens is 250 g/mol. The molecule has 0 bridgehead atoms. The molecule has 0 radical (unpaired) electrons. The SMILES string of the molecule is NCC(=O)Nc1ccc(-c2ccc(F)cc2)cc1F. The number of carbonyl (C=O) groups excluding carboxylic acids is 1. The van der Waals surface area contributed by atoms with Gasteiger partial charge in [0.05, 0.1) is 12.2 Å². The number of halogens is 2. The van der Waals surface area contributed by atoms with Crippen LogP contribution in [0.5, 0.6) is 0 Å². The third-order valence-electron chi connectivity index (χ3n) is 2.61. The molecule has 0 saturated heterocycles. The molecule has 1 amide bonds. The molecule has 0 aliphatic carbocycles. The molecule has 2 aromatic carbocycles. The van der Waals surface area contributed by atoms with Crippen molar-refractivity contribution in [3.63, 3.8) is 0 Å². The van der Waals surface area contributed by atoms with E-state index in [2.05, 4.69) is 5.32 Å². The molecule has 3 N–H and O–H groups in total. The summed E-state index contributed by atoms with van der Waals surface area (Å²) < 4.78 is 26.6. The smallest absolute Gasteiger partial charge is 0.238 e. The molecule has 0 saturated carbocycles. The van der Waals surface area contributed by atoms with Crippen molar-refractivity contribution in [3.8, 4) is 11.1 Å². The van der Waals surface area contributed by atoms with E-state index >= 15 is 0 Å². The van der Waals surface area contributed by atoms with Crippen LogP contribution in [-0.4, -0.2) is 12.5 Å². The molecule has 0 unspecified atom stereocenters. The maximum Gasteiger partial charge on any atom is 0.238 e. The predicted molar refractivity (Wildman–Crippen MR) is 69.5 cm³/mol. The molecule has 0 spiro atoms. The average molecular weight is 262 g/mol. The second-order valence-electron chi connectivity index (χ2n) is 3.95. The van der Waals surface area contributed by atoms with Crippen molar-refractivity contribution in [1.29, 1.82) is 0 Å². The van der Waals surface area contributed by atoms with Gasteiger partial charge in [0.1, 0.15) is 11.6 Å². The second-order valence-corrected chi connectivity index (χ2v) is 3.95. The minimum absolute atomic E-state index is 0.0707. The lowest BCUT2D eigenvalue weighted by molar-refractivity contribution is -0.114. The number of carbonyl (C=O) groups is 1. The fraction of sp³-hybridized carbons (Fsp3) is 0.0714. The molecule has 0 atom stereocenters. The zero-order valence-corrected chi connectivity index (χ0v) is 9.99. The fourth-order valence-corrected chi connectivity index (χ4v) is 1.64. The summed E-state index contributed by atoms with van der Waals surface area (Å²) in [5.41, 5.74) is 6.50. The van der Waals surface area contributed by atoms with Crippen LogP contribution < -0.4 is 11.1 Å². The van der Waals surface area contributed by atoms with Crippen molar-refractivity contribution < 1.29 is 13.6 Å². The summed E-state index contributed by atoms with van der Waals surface area (Å²) in [5.74, 6) is -1.38. The lowest BCUT2D eigenvalue weighted by atomic mass is 10.1. The van der Waals surface area contributed by atoms with Crippen LogP contribution >= 0.6 is 0 Å². The van der Waals surface area contributed by atoms with E-state index in [-0.39, 0.29) is 18.0 Å². The molecular formula is C14H12F2N2O. The highest BCUT2D eigenvalue weighted by Crippen LogP contribution is 2.24. The van der Waals surface area contributed by atoms with Gasteiger partial charge < -0.3 is 11.1 Å². The second kappa shape index (κ2) is 5.58. The number of nitrogens with one attached hydrogen (secondary N) is 1. The van der Waals surface area contributed by atoms with Crippen molar-refractivity contribution in [1.82, 2.24) is 0 Å². The highest BCUT2D eigenvalue weighted by atomic mass is 19.1. The Kier molecular flexibility index (Phi) is 3.87. The van der Waals surface area contributed by atoms with Gasteiger partial charge in [0.15, 0.2) is 0 Å². The Hall–Kier alpha value is -2.27. The number of hydrogen-bond acceptors (Lipinski definition) is 2. The molecule has 98 valence electrons. The van der Waals surface area contributed by atoms with E-state index in [9.17, 15) is 13.6 Å². The number of nitrogens with two attached hydrogens (primary N) is 1. The largest absolute Gasteiger partial charge is 0.322 e. The summed E-state index contributed by atoms with van der Waals surface area (Å²) in [7, 11) is 0. The van der Waals surface area contributed by atoms with Crippen molar-refractivity contribution in [2.24, 2.45) is 5.73 Å². The minimum Gasteiger partial charge on any atom is -0.322 e. The predicted octanol–water partition coefficient (Wildman–Crippen LogP) is 2.53. The van der Waals surface area contributed by atoms with E-state index in [1.54, 1.807) is 18.2 Å². The maximum absolute atomic E-state index is 13.8. The van der Waals surface area contributed by atoms with Gasteiger partial charge in [-0.05, 0) is 35.4 Å². The van der Waals surface area contributed by atoms with Gasteiger partial charge in [-0.25, -0.2) is 8.78 Å². The van der Waals surface area contributed by atoms with E-state index in [4.69, 9.17) is 5.73 Å². The minimum atomic E-state index is -0.566. The van der Waals surface area contributed by atoms with Crippen LogP contribution in [0.15, 0.2) is 42.5 Å². The quantitative estimate of drug-likeness (QED) is 0.893. The summed E-state index contributed by atoms with van der Waals surface area (Å²) in [6.07, 6.45) is 0. The van der Waals surface area contributed by atoms with Crippen LogP contribution in [0.1, 0.15) is 0 Å². The first kappa shape index (κ1) is 13.2. The zero-order chi connectivity index (χ0) is 13.8. The van der Waals surface area contributed by atoms with Crippen molar-refractivity contribution in [2.75, 3.05) is 11.9 Å². The van der Waals surface area contributed by atoms with Gasteiger partial charge >= 0.3 is 0 Å². The summed E-state index contributed by atoms with van der Waals surface area (Å²) in [6, 6.07) is 10.1. The lowest BCUT2D eigenvalue weighted by Crippen LogP contribution is -2.22. The first-order valence-electron chi connectivity index (χ1n) is 5.65. The summed E-state index contributed by atoms with van der Waals surface area (Å²) in [5, 5.41) is 2.35. The molecule has 0 aliphatic rings. The third kappa shape index (κ3) is 3.14. The Morgan fingerprint density at radius 1 is 1.05 bits per heavy atom. The van der Waals surface area contributed by atoms with Gasteiger partial charge in [-0.15, -0.1) is 0 Å². The summed E-state index contributed by atoms with van der Waals surface area (Å²) >= 11 is 0. The average Bonchev–Trinajstić information content (AvgIpc) is 2.41. The molecule has 5 heteroatoms. The van der Waals surface area contributed by atoms with Crippen LogP contribution in [0.3, 0.4) is 0 Å². The topological polar surface area (TPSA) is 55.1 Å². The van der Waals surface area contributed by atoms with Crippen LogP contribution in [0.2, 0.25) is 0 Å². The Bertz CT molecular complexity index is 597. The standard InChI is InChI=1S/C14H12F2N2O/c15-11-4-1-9(2-5-11)10-3-6-13(12(16)7-10)18-14(19)8-17/h1-7H,8,17H2,(H,18,19). The first-order chi connectivity index (χ1) is 9.10. The van der Waals surface area contributed by atoms with Gasteiger partial charge in [0.25, 0.3) is 0 Å². The van der Waals surface area contributed by atoms with Gasteiger partial charge in [0.2, 0.25) is 5.91 Å². The molecule has 3 nitrogen and oxygen atoms in total. The van der Waals surface area contributed by atoms with Crippen molar-refractivity contribution in [3.05, 3.63) is 54.1 Å². The molecule has 0 aromatic heterocycles. The van der Waals surface area contributed by atoms with E-state index < -0.39 is 11.7 Å². The molecule has 2 aromatic rings. The van der Waals surface area contributed by atoms with Crippen LogP contribution in [-0.2, 0) is 4.79 Å². The normalized spacial score (nSPS) is 10.3. The Morgan fingerprint density at radius 3 is 2.26 bits per heavy atom. The number of benzene rings is 2. The fourth-order valence-electron chi connectivity index (χ4n) is 1.64. The van der Waals surface area contributed by atoms with E-state index in [1.165, 1.54) is 24.3 Å². The first-order valence-corrected chi connectivity index (χ1v) is 5.65. The zero-order valence-electron chi connectivity index (χ0n) is 9.99. The molecule has 0 fully saturated rings. The molecule has 0 heterocycles. The molecule has 19 heavy (non-hydrogen) atoms. The van der Waals surface area contributed by atoms with Crippen LogP contribution in [0.4, 0.5) is 14.5 Å². The van der Waals surface area contributed by atoms with Gasteiger partial charge in [-0.1, -0.05) is 18.2 Å². The summed E-state index contributed by atoms with van der Waals surface area (Å²) in [6.45, 7) is -0.209. The Labute approximate surface area is 109 Å². The number of rotatable bonds is 3.